The Hall–Kier alpha value is -1.35. The van der Waals surface area contributed by atoms with E-state index in [2.05, 4.69) is 24.4 Å². The largest absolute Gasteiger partial charge is 0.339 e. The van der Waals surface area contributed by atoms with E-state index in [0.717, 1.165) is 13.1 Å². The van der Waals surface area contributed by atoms with Crippen molar-refractivity contribution < 1.29 is 4.79 Å². The third-order valence-electron chi connectivity index (χ3n) is 2.95. The molecule has 1 aromatic rings. The Labute approximate surface area is 104 Å². The third kappa shape index (κ3) is 4.19. The zero-order chi connectivity index (χ0) is 12.7. The van der Waals surface area contributed by atoms with Gasteiger partial charge in [0.15, 0.2) is 0 Å². The molecule has 0 atom stereocenters. The van der Waals surface area contributed by atoms with Crippen LogP contribution in [0.1, 0.15) is 24.5 Å². The van der Waals surface area contributed by atoms with E-state index < -0.39 is 0 Å². The molecule has 17 heavy (non-hydrogen) atoms. The van der Waals surface area contributed by atoms with Crippen molar-refractivity contribution in [1.29, 1.82) is 0 Å². The number of nitrogens with zero attached hydrogens (tertiary/aromatic N) is 1. The van der Waals surface area contributed by atoms with Crippen molar-refractivity contribution in [3.8, 4) is 0 Å². The highest BCUT2D eigenvalue weighted by Crippen LogP contribution is 2.11. The molecule has 0 bridgehead atoms. The first-order valence-corrected chi connectivity index (χ1v) is 6.16. The quantitative estimate of drug-likeness (QED) is 0.816. The monoisotopic (exact) mass is 234 g/mol. The topological polar surface area (TPSA) is 32.3 Å². The van der Waals surface area contributed by atoms with Gasteiger partial charge in [-0.25, -0.2) is 0 Å². The van der Waals surface area contributed by atoms with Gasteiger partial charge in [-0.05, 0) is 32.0 Å². The normalized spacial score (nSPS) is 10.3. The van der Waals surface area contributed by atoms with Gasteiger partial charge in [0.05, 0.1) is 0 Å². The van der Waals surface area contributed by atoms with Gasteiger partial charge in [-0.2, -0.15) is 0 Å². The molecule has 1 aromatic carbocycles. The van der Waals surface area contributed by atoms with Crippen molar-refractivity contribution in [2.75, 3.05) is 20.1 Å². The summed E-state index contributed by atoms with van der Waals surface area (Å²) < 4.78 is 0. The van der Waals surface area contributed by atoms with Crippen molar-refractivity contribution in [2.24, 2.45) is 0 Å². The van der Waals surface area contributed by atoms with Gasteiger partial charge in [0.1, 0.15) is 0 Å². The summed E-state index contributed by atoms with van der Waals surface area (Å²) in [4.78, 5) is 13.8. The maximum Gasteiger partial charge on any atom is 0.224 e. The predicted octanol–water partition coefficient (Wildman–Crippen LogP) is 1.95. The predicted molar refractivity (Wildman–Crippen MR) is 70.8 cm³/mol. The third-order valence-corrected chi connectivity index (χ3v) is 2.95. The number of aryl methyl sites for hydroxylation is 1. The van der Waals surface area contributed by atoms with Crippen LogP contribution in [0.3, 0.4) is 0 Å². The van der Waals surface area contributed by atoms with E-state index >= 15 is 0 Å². The molecule has 0 heterocycles. The highest BCUT2D eigenvalue weighted by Gasteiger charge is 2.12. The number of hydrogen-bond acceptors (Lipinski definition) is 2. The zero-order valence-electron chi connectivity index (χ0n) is 11.0. The lowest BCUT2D eigenvalue weighted by Crippen LogP contribution is -2.32. The SMILES string of the molecule is CCN(Cc1ccccc1C)C(=O)CCNC. The lowest BCUT2D eigenvalue weighted by molar-refractivity contribution is -0.131. The fourth-order valence-electron chi connectivity index (χ4n) is 1.76. The molecule has 3 heteroatoms. The Morgan fingerprint density at radius 1 is 1.35 bits per heavy atom. The molecular weight excluding hydrogens is 212 g/mol. The van der Waals surface area contributed by atoms with Gasteiger partial charge >= 0.3 is 0 Å². The molecule has 1 rings (SSSR count). The molecule has 94 valence electrons. The van der Waals surface area contributed by atoms with Crippen LogP contribution in [0.15, 0.2) is 24.3 Å². The average Bonchev–Trinajstić information content (AvgIpc) is 2.35. The number of amides is 1. The molecule has 1 amide bonds. The number of nitrogens with one attached hydrogen (secondary N) is 1. The fourth-order valence-corrected chi connectivity index (χ4v) is 1.76. The lowest BCUT2D eigenvalue weighted by atomic mass is 10.1. The Morgan fingerprint density at radius 2 is 2.06 bits per heavy atom. The Morgan fingerprint density at radius 3 is 2.65 bits per heavy atom. The number of carbonyl (C=O) groups is 1. The second kappa shape index (κ2) is 7.07. The summed E-state index contributed by atoms with van der Waals surface area (Å²) in [5.74, 6) is 0.213. The van der Waals surface area contributed by atoms with Gasteiger partial charge < -0.3 is 10.2 Å². The van der Waals surface area contributed by atoms with Gasteiger partial charge in [-0.3, -0.25) is 4.79 Å². The highest BCUT2D eigenvalue weighted by atomic mass is 16.2. The molecule has 0 aromatic heterocycles. The van der Waals surface area contributed by atoms with Gasteiger partial charge in [0.2, 0.25) is 5.91 Å². The van der Waals surface area contributed by atoms with Crippen LogP contribution in [0.4, 0.5) is 0 Å². The van der Waals surface area contributed by atoms with E-state index in [4.69, 9.17) is 0 Å². The maximum absolute atomic E-state index is 11.9. The van der Waals surface area contributed by atoms with Crippen LogP contribution < -0.4 is 5.32 Å². The van der Waals surface area contributed by atoms with Crippen LogP contribution in [-0.2, 0) is 11.3 Å². The van der Waals surface area contributed by atoms with Crippen LogP contribution in [0.2, 0.25) is 0 Å². The molecule has 0 fully saturated rings. The molecule has 0 aliphatic carbocycles. The minimum atomic E-state index is 0.213. The highest BCUT2D eigenvalue weighted by molar-refractivity contribution is 5.76. The second-order valence-corrected chi connectivity index (χ2v) is 4.19. The summed E-state index contributed by atoms with van der Waals surface area (Å²) in [6, 6.07) is 8.22. The molecule has 0 unspecified atom stereocenters. The van der Waals surface area contributed by atoms with E-state index in [-0.39, 0.29) is 5.91 Å². The van der Waals surface area contributed by atoms with E-state index in [9.17, 15) is 4.79 Å². The first-order chi connectivity index (χ1) is 8.19. The number of carbonyl (C=O) groups excluding carboxylic acids is 1. The molecule has 0 aliphatic rings. The Balaban J connectivity index is 2.63. The fraction of sp³-hybridized carbons (Fsp3) is 0.500. The van der Waals surface area contributed by atoms with Gasteiger partial charge in [0, 0.05) is 26.1 Å². The first kappa shape index (κ1) is 13.7. The number of rotatable bonds is 6. The summed E-state index contributed by atoms with van der Waals surface area (Å²) in [5.41, 5.74) is 2.47. The molecule has 1 N–H and O–H groups in total. The van der Waals surface area contributed by atoms with Crippen molar-refractivity contribution >= 4 is 5.91 Å². The molecule has 3 nitrogen and oxygen atoms in total. The lowest BCUT2D eigenvalue weighted by Gasteiger charge is -2.22. The van der Waals surface area contributed by atoms with E-state index in [0.29, 0.717) is 13.0 Å². The zero-order valence-corrected chi connectivity index (χ0v) is 11.0. The van der Waals surface area contributed by atoms with Crippen LogP contribution in [-0.4, -0.2) is 30.9 Å². The summed E-state index contributed by atoms with van der Waals surface area (Å²) in [6.07, 6.45) is 0.566. The first-order valence-electron chi connectivity index (χ1n) is 6.16. The van der Waals surface area contributed by atoms with E-state index in [1.165, 1.54) is 11.1 Å². The minimum Gasteiger partial charge on any atom is -0.339 e. The minimum absolute atomic E-state index is 0.213. The molecule has 0 saturated carbocycles. The summed E-state index contributed by atoms with van der Waals surface area (Å²) >= 11 is 0. The molecular formula is C14H22N2O. The Kier molecular flexibility index (Phi) is 5.70. The van der Waals surface area contributed by atoms with E-state index in [1.54, 1.807) is 0 Å². The van der Waals surface area contributed by atoms with Crippen molar-refractivity contribution in [1.82, 2.24) is 10.2 Å². The number of hydrogen-bond donors (Lipinski definition) is 1. The summed E-state index contributed by atoms with van der Waals surface area (Å²) in [6.45, 7) is 6.32. The van der Waals surface area contributed by atoms with E-state index in [1.807, 2.05) is 31.0 Å². The smallest absolute Gasteiger partial charge is 0.224 e. The van der Waals surface area contributed by atoms with Crippen molar-refractivity contribution in [2.45, 2.75) is 26.8 Å². The van der Waals surface area contributed by atoms with Crippen molar-refractivity contribution in [3.05, 3.63) is 35.4 Å². The van der Waals surface area contributed by atoms with Gasteiger partial charge in [0.25, 0.3) is 0 Å². The van der Waals surface area contributed by atoms with Crippen LogP contribution in [0.5, 0.6) is 0 Å². The van der Waals surface area contributed by atoms with Crippen LogP contribution in [0, 0.1) is 6.92 Å². The van der Waals surface area contributed by atoms with Crippen molar-refractivity contribution in [3.63, 3.8) is 0 Å². The summed E-state index contributed by atoms with van der Waals surface area (Å²) in [5, 5.41) is 3.01. The van der Waals surface area contributed by atoms with Gasteiger partial charge in [-0.1, -0.05) is 24.3 Å². The van der Waals surface area contributed by atoms with Crippen LogP contribution in [0.25, 0.3) is 0 Å². The van der Waals surface area contributed by atoms with Crippen LogP contribution >= 0.6 is 0 Å². The second-order valence-electron chi connectivity index (χ2n) is 4.19. The summed E-state index contributed by atoms with van der Waals surface area (Å²) in [7, 11) is 1.87. The molecule has 0 radical (unpaired) electrons. The molecule has 0 saturated heterocycles. The molecule has 0 spiro atoms. The molecule has 0 aliphatic heterocycles. The Bertz CT molecular complexity index is 363. The average molecular weight is 234 g/mol. The maximum atomic E-state index is 11.9. The van der Waals surface area contributed by atoms with Gasteiger partial charge in [-0.15, -0.1) is 0 Å². The standard InChI is InChI=1S/C14H22N2O/c1-4-16(14(17)9-10-15-3)11-13-8-6-5-7-12(13)2/h5-8,15H,4,9-11H2,1-3H3. The number of benzene rings is 1.